The highest BCUT2D eigenvalue weighted by molar-refractivity contribution is 6.07. The highest BCUT2D eigenvalue weighted by Crippen LogP contribution is 2.30. The lowest BCUT2D eigenvalue weighted by atomic mass is 10.2. The van der Waals surface area contributed by atoms with Crippen molar-refractivity contribution in [2.24, 2.45) is 0 Å². The van der Waals surface area contributed by atoms with Crippen molar-refractivity contribution in [2.75, 3.05) is 50.1 Å². The molecule has 1 aliphatic rings. The van der Waals surface area contributed by atoms with Crippen LogP contribution in [0.1, 0.15) is 31.3 Å². The number of ether oxygens (including phenoxy) is 3. The Balaban J connectivity index is 1.43. The van der Waals surface area contributed by atoms with Gasteiger partial charge in [-0.15, -0.1) is 0 Å². The Labute approximate surface area is 204 Å². The number of fused-ring (bicyclic) bond motifs is 1. The number of carbonyl (C=O) groups excluding carboxylic acids is 2. The van der Waals surface area contributed by atoms with Crippen molar-refractivity contribution in [1.82, 2.24) is 4.90 Å². The van der Waals surface area contributed by atoms with Gasteiger partial charge >= 0.3 is 6.09 Å². The summed E-state index contributed by atoms with van der Waals surface area (Å²) >= 11 is 0. The van der Waals surface area contributed by atoms with E-state index in [1.54, 1.807) is 51.1 Å². The molecule has 9 nitrogen and oxygen atoms in total. The van der Waals surface area contributed by atoms with Gasteiger partial charge in [0, 0.05) is 25.0 Å². The highest BCUT2D eigenvalue weighted by atomic mass is 16.6. The van der Waals surface area contributed by atoms with Crippen molar-refractivity contribution >= 4 is 34.3 Å². The van der Waals surface area contributed by atoms with Crippen LogP contribution in [0.25, 0.3) is 11.0 Å². The maximum absolute atomic E-state index is 13.0. The van der Waals surface area contributed by atoms with E-state index in [1.165, 1.54) is 0 Å². The van der Waals surface area contributed by atoms with Crippen LogP contribution in [0.4, 0.5) is 16.2 Å². The Hall–Kier alpha value is -3.56. The third-order valence-corrected chi connectivity index (χ3v) is 5.31. The van der Waals surface area contributed by atoms with Gasteiger partial charge in [-0.1, -0.05) is 24.3 Å². The third-order valence-electron chi connectivity index (χ3n) is 5.31. The van der Waals surface area contributed by atoms with Gasteiger partial charge in [0.15, 0.2) is 17.1 Å². The molecule has 1 aromatic heterocycles. The second kappa shape index (κ2) is 10.8. The molecule has 2 heterocycles. The van der Waals surface area contributed by atoms with Crippen LogP contribution in [0.3, 0.4) is 0 Å². The summed E-state index contributed by atoms with van der Waals surface area (Å²) in [4.78, 5) is 27.5. The van der Waals surface area contributed by atoms with Crippen molar-refractivity contribution in [3.63, 3.8) is 0 Å². The quantitative estimate of drug-likeness (QED) is 0.502. The van der Waals surface area contributed by atoms with Crippen LogP contribution in [0.15, 0.2) is 52.9 Å². The molecule has 1 aliphatic heterocycles. The molecule has 0 unspecified atom stereocenters. The van der Waals surface area contributed by atoms with Crippen molar-refractivity contribution in [1.29, 1.82) is 0 Å². The zero-order chi connectivity index (χ0) is 24.8. The summed E-state index contributed by atoms with van der Waals surface area (Å²) in [6.45, 7) is 9.89. The highest BCUT2D eigenvalue weighted by Gasteiger charge is 2.20. The number of para-hydroxylation sites is 3. The lowest BCUT2D eigenvalue weighted by molar-refractivity contribution is 0.0323. The van der Waals surface area contributed by atoms with E-state index in [0.717, 1.165) is 38.2 Å². The molecule has 3 aromatic rings. The molecule has 0 radical (unpaired) electrons. The van der Waals surface area contributed by atoms with Crippen LogP contribution in [0.5, 0.6) is 5.75 Å². The summed E-state index contributed by atoms with van der Waals surface area (Å²) in [5.74, 6) is 0.275. The molecule has 0 bridgehead atoms. The van der Waals surface area contributed by atoms with Gasteiger partial charge in [0.1, 0.15) is 12.2 Å². The van der Waals surface area contributed by atoms with E-state index in [4.69, 9.17) is 18.6 Å². The topological polar surface area (TPSA) is 102 Å². The van der Waals surface area contributed by atoms with E-state index in [0.29, 0.717) is 29.3 Å². The van der Waals surface area contributed by atoms with Crippen LogP contribution in [0, 0.1) is 0 Å². The van der Waals surface area contributed by atoms with E-state index < -0.39 is 17.6 Å². The van der Waals surface area contributed by atoms with Gasteiger partial charge < -0.3 is 23.9 Å². The van der Waals surface area contributed by atoms with Gasteiger partial charge in [-0.25, -0.2) is 4.79 Å². The molecule has 0 aliphatic carbocycles. The van der Waals surface area contributed by atoms with E-state index in [9.17, 15) is 9.59 Å². The number of carbonyl (C=O) groups is 2. The first-order valence-corrected chi connectivity index (χ1v) is 11.6. The average molecular weight is 482 g/mol. The van der Waals surface area contributed by atoms with E-state index in [2.05, 4.69) is 15.5 Å². The first-order valence-electron chi connectivity index (χ1n) is 11.6. The fourth-order valence-electron chi connectivity index (χ4n) is 3.67. The number of rotatable bonds is 7. The smallest absolute Gasteiger partial charge is 0.412 e. The summed E-state index contributed by atoms with van der Waals surface area (Å²) in [5.41, 5.74) is 0.711. The van der Waals surface area contributed by atoms with Crippen molar-refractivity contribution in [2.45, 2.75) is 26.4 Å². The van der Waals surface area contributed by atoms with Gasteiger partial charge in [0.05, 0.1) is 24.6 Å². The predicted molar refractivity (Wildman–Crippen MR) is 133 cm³/mol. The number of hydrogen-bond acceptors (Lipinski definition) is 7. The molecule has 0 atom stereocenters. The Bertz CT molecular complexity index is 1180. The molecule has 2 aromatic carbocycles. The van der Waals surface area contributed by atoms with Crippen molar-refractivity contribution < 1.29 is 28.2 Å². The minimum atomic E-state index is -0.640. The van der Waals surface area contributed by atoms with Gasteiger partial charge in [0.25, 0.3) is 5.91 Å². The third kappa shape index (κ3) is 6.74. The van der Waals surface area contributed by atoms with Crippen LogP contribution in [-0.2, 0) is 9.47 Å². The van der Waals surface area contributed by atoms with Crippen LogP contribution in [-0.4, -0.2) is 62.0 Å². The zero-order valence-corrected chi connectivity index (χ0v) is 20.3. The molecule has 186 valence electrons. The van der Waals surface area contributed by atoms with E-state index in [-0.39, 0.29) is 5.76 Å². The largest absolute Gasteiger partial charge is 0.488 e. The van der Waals surface area contributed by atoms with E-state index >= 15 is 0 Å². The molecular weight excluding hydrogens is 450 g/mol. The molecule has 2 N–H and O–H groups in total. The Morgan fingerprint density at radius 2 is 1.71 bits per heavy atom. The SMILES string of the molecule is CC(C)(C)OC(=O)Nc1ccccc1NC(=O)c1cc2cccc(OCCN3CCOCC3)c2o1. The van der Waals surface area contributed by atoms with Gasteiger partial charge in [-0.05, 0) is 45.0 Å². The van der Waals surface area contributed by atoms with Crippen LogP contribution >= 0.6 is 0 Å². The number of hydrogen-bond donors (Lipinski definition) is 2. The minimum Gasteiger partial charge on any atom is -0.488 e. The lowest BCUT2D eigenvalue weighted by Crippen LogP contribution is -2.38. The van der Waals surface area contributed by atoms with Crippen molar-refractivity contribution in [3.05, 3.63) is 54.3 Å². The molecule has 0 spiro atoms. The molecule has 0 saturated carbocycles. The number of anilines is 2. The number of amides is 2. The fourth-order valence-corrected chi connectivity index (χ4v) is 3.67. The fraction of sp³-hybridized carbons (Fsp3) is 0.385. The van der Waals surface area contributed by atoms with Crippen molar-refractivity contribution in [3.8, 4) is 5.75 Å². The number of benzene rings is 2. The van der Waals surface area contributed by atoms with Gasteiger partial charge in [-0.3, -0.25) is 15.0 Å². The first kappa shape index (κ1) is 24.6. The number of furan rings is 1. The molecule has 2 amide bonds. The summed E-state index contributed by atoms with van der Waals surface area (Å²) < 4.78 is 22.5. The summed E-state index contributed by atoms with van der Waals surface area (Å²) in [6, 6.07) is 14.1. The number of nitrogens with one attached hydrogen (secondary N) is 2. The van der Waals surface area contributed by atoms with Gasteiger partial charge in [0.2, 0.25) is 0 Å². The lowest BCUT2D eigenvalue weighted by Gasteiger charge is -2.26. The van der Waals surface area contributed by atoms with Gasteiger partial charge in [-0.2, -0.15) is 0 Å². The molecule has 1 saturated heterocycles. The standard InChI is InChI=1S/C26H31N3O6/c1-26(2,3)35-25(31)28-20-9-5-4-8-19(20)27-24(30)22-17-18-7-6-10-21(23(18)34-22)33-16-13-29-11-14-32-15-12-29/h4-10,17H,11-16H2,1-3H3,(H,27,30)(H,28,31). The minimum absolute atomic E-state index is 0.135. The Morgan fingerprint density at radius 1 is 1.00 bits per heavy atom. The number of morpholine rings is 1. The summed E-state index contributed by atoms with van der Waals surface area (Å²) in [6.07, 6.45) is -0.609. The molecule has 1 fully saturated rings. The zero-order valence-electron chi connectivity index (χ0n) is 20.3. The van der Waals surface area contributed by atoms with Crippen LogP contribution in [0.2, 0.25) is 0 Å². The van der Waals surface area contributed by atoms with Crippen LogP contribution < -0.4 is 15.4 Å². The molecular formula is C26H31N3O6. The molecule has 4 rings (SSSR count). The Kier molecular flexibility index (Phi) is 7.57. The van der Waals surface area contributed by atoms with E-state index in [1.807, 2.05) is 18.2 Å². The monoisotopic (exact) mass is 481 g/mol. The summed E-state index contributed by atoms with van der Waals surface area (Å²) in [5, 5.41) is 6.23. The molecule has 35 heavy (non-hydrogen) atoms. The predicted octanol–water partition coefficient (Wildman–Crippen LogP) is 4.74. The normalized spacial score (nSPS) is 14.5. The Morgan fingerprint density at radius 3 is 2.43 bits per heavy atom. The summed E-state index contributed by atoms with van der Waals surface area (Å²) in [7, 11) is 0. The second-order valence-electron chi connectivity index (χ2n) is 9.21. The maximum Gasteiger partial charge on any atom is 0.412 e. The first-order chi connectivity index (χ1) is 16.8. The maximum atomic E-state index is 13.0. The molecule has 9 heteroatoms. The second-order valence-corrected chi connectivity index (χ2v) is 9.21. The average Bonchev–Trinajstić information content (AvgIpc) is 3.25. The number of nitrogens with zero attached hydrogens (tertiary/aromatic N) is 1.